The molecule has 1 amide bonds. The molecule has 0 aliphatic carbocycles. The van der Waals surface area contributed by atoms with Crippen LogP contribution in [0.25, 0.3) is 10.9 Å². The van der Waals surface area contributed by atoms with Crippen LogP contribution in [0.5, 0.6) is 5.75 Å². The first-order valence-electron chi connectivity index (χ1n) is 10.3. The Morgan fingerprint density at radius 2 is 1.84 bits per heavy atom. The van der Waals surface area contributed by atoms with Crippen LogP contribution in [0.2, 0.25) is 0 Å². The van der Waals surface area contributed by atoms with Crippen molar-refractivity contribution in [1.29, 1.82) is 0 Å². The van der Waals surface area contributed by atoms with Crippen LogP contribution in [0.4, 0.5) is 5.69 Å². The number of carbonyl (C=O) groups is 1. The van der Waals surface area contributed by atoms with Gasteiger partial charge in [-0.05, 0) is 18.2 Å². The fraction of sp³-hybridized carbons (Fsp3) is 0.318. The number of benzene rings is 2. The summed E-state index contributed by atoms with van der Waals surface area (Å²) in [7, 11) is 0. The number of piperazine rings is 1. The summed E-state index contributed by atoms with van der Waals surface area (Å²) in [4.78, 5) is 43.8. The van der Waals surface area contributed by atoms with Gasteiger partial charge in [-0.15, -0.1) is 0 Å². The fourth-order valence-electron chi connectivity index (χ4n) is 3.65. The fourth-order valence-corrected chi connectivity index (χ4v) is 3.65. The number of hydrogen-bond donors (Lipinski definition) is 0. The number of fused-ring (bicyclic) bond motifs is 1. The molecule has 32 heavy (non-hydrogen) atoms. The second-order valence-electron chi connectivity index (χ2n) is 7.52. The van der Waals surface area contributed by atoms with Crippen LogP contribution >= 0.6 is 0 Å². The highest BCUT2D eigenvalue weighted by atomic mass is 16.6. The molecule has 0 unspecified atom stereocenters. The lowest BCUT2D eigenvalue weighted by atomic mass is 10.2. The number of carbonyl (C=O) groups excluding carboxylic acids is 1. The number of para-hydroxylation sites is 1. The van der Waals surface area contributed by atoms with Crippen LogP contribution in [-0.4, -0.2) is 69.5 Å². The number of aromatic nitrogens is 2. The number of amides is 1. The number of nitrogens with zero attached hydrogens (tertiary/aromatic N) is 5. The molecule has 10 nitrogen and oxygen atoms in total. The van der Waals surface area contributed by atoms with E-state index in [2.05, 4.69) is 9.88 Å². The molecule has 4 rings (SSSR count). The first-order chi connectivity index (χ1) is 15.5. The standard InChI is InChI=1S/C22H23N5O5/c28-21(15-26-16-23-20-14-17(27(30)31)6-7-19(20)22(26)29)25-10-8-24(9-11-25)12-13-32-18-4-2-1-3-5-18/h1-7,14,16H,8-13,15H2. The summed E-state index contributed by atoms with van der Waals surface area (Å²) in [6.07, 6.45) is 1.27. The quantitative estimate of drug-likeness (QED) is 0.407. The predicted molar refractivity (Wildman–Crippen MR) is 118 cm³/mol. The van der Waals surface area contributed by atoms with Crippen molar-refractivity contribution in [2.24, 2.45) is 0 Å². The summed E-state index contributed by atoms with van der Waals surface area (Å²) in [5.41, 5.74) is -0.292. The molecule has 0 N–H and O–H groups in total. The number of rotatable bonds is 7. The monoisotopic (exact) mass is 437 g/mol. The Morgan fingerprint density at radius 1 is 1.09 bits per heavy atom. The van der Waals surface area contributed by atoms with Gasteiger partial charge in [0.25, 0.3) is 11.2 Å². The molecule has 10 heteroatoms. The average Bonchev–Trinajstić information content (AvgIpc) is 2.81. The maximum atomic E-state index is 12.7. The minimum Gasteiger partial charge on any atom is -0.492 e. The van der Waals surface area contributed by atoms with Crippen molar-refractivity contribution < 1.29 is 14.5 Å². The lowest BCUT2D eigenvalue weighted by molar-refractivity contribution is -0.384. The molecule has 0 spiro atoms. The molecule has 0 saturated carbocycles. The summed E-state index contributed by atoms with van der Waals surface area (Å²) in [5, 5.41) is 11.1. The highest BCUT2D eigenvalue weighted by Crippen LogP contribution is 2.16. The molecule has 1 saturated heterocycles. The highest BCUT2D eigenvalue weighted by molar-refractivity contribution is 5.80. The van der Waals surface area contributed by atoms with Crippen LogP contribution in [0, 0.1) is 10.1 Å². The van der Waals surface area contributed by atoms with E-state index in [4.69, 9.17) is 4.74 Å². The van der Waals surface area contributed by atoms with Crippen molar-refractivity contribution in [3.8, 4) is 5.75 Å². The second kappa shape index (κ2) is 9.56. The van der Waals surface area contributed by atoms with Gasteiger partial charge in [-0.25, -0.2) is 4.98 Å². The van der Waals surface area contributed by atoms with Gasteiger partial charge >= 0.3 is 0 Å². The number of nitro benzene ring substituents is 1. The van der Waals surface area contributed by atoms with Crippen molar-refractivity contribution in [3.63, 3.8) is 0 Å². The zero-order chi connectivity index (χ0) is 22.5. The molecule has 0 bridgehead atoms. The van der Waals surface area contributed by atoms with Gasteiger partial charge in [0.05, 0.1) is 22.2 Å². The van der Waals surface area contributed by atoms with E-state index in [1.54, 1.807) is 4.90 Å². The molecule has 2 aromatic carbocycles. The molecule has 1 aliphatic rings. The maximum absolute atomic E-state index is 12.7. The Kier molecular flexibility index (Phi) is 6.41. The van der Waals surface area contributed by atoms with Crippen LogP contribution < -0.4 is 10.3 Å². The Morgan fingerprint density at radius 3 is 2.56 bits per heavy atom. The Labute approximate surface area is 183 Å². The zero-order valence-electron chi connectivity index (χ0n) is 17.4. The molecule has 2 heterocycles. The van der Waals surface area contributed by atoms with E-state index in [-0.39, 0.29) is 29.0 Å². The van der Waals surface area contributed by atoms with Crippen LogP contribution in [0.3, 0.4) is 0 Å². The maximum Gasteiger partial charge on any atom is 0.271 e. The van der Waals surface area contributed by atoms with E-state index in [0.717, 1.165) is 25.4 Å². The third-order valence-electron chi connectivity index (χ3n) is 5.47. The van der Waals surface area contributed by atoms with Crippen LogP contribution in [0.15, 0.2) is 59.7 Å². The first-order valence-corrected chi connectivity index (χ1v) is 10.3. The van der Waals surface area contributed by atoms with Gasteiger partial charge in [0, 0.05) is 44.9 Å². The minimum absolute atomic E-state index is 0.115. The molecule has 3 aromatic rings. The van der Waals surface area contributed by atoms with Gasteiger partial charge < -0.3 is 9.64 Å². The number of hydrogen-bond acceptors (Lipinski definition) is 7. The lowest BCUT2D eigenvalue weighted by Crippen LogP contribution is -2.50. The van der Waals surface area contributed by atoms with Crippen molar-refractivity contribution in [2.75, 3.05) is 39.3 Å². The van der Waals surface area contributed by atoms with Crippen molar-refractivity contribution in [3.05, 3.63) is 75.3 Å². The third kappa shape index (κ3) is 4.92. The van der Waals surface area contributed by atoms with E-state index in [1.807, 2.05) is 30.3 Å². The Balaban J connectivity index is 1.30. The molecule has 166 valence electrons. The molecule has 1 aromatic heterocycles. The molecule has 0 radical (unpaired) electrons. The average molecular weight is 437 g/mol. The van der Waals surface area contributed by atoms with Gasteiger partial charge in [0.2, 0.25) is 5.91 Å². The van der Waals surface area contributed by atoms with Crippen LogP contribution in [-0.2, 0) is 11.3 Å². The molecular weight excluding hydrogens is 414 g/mol. The highest BCUT2D eigenvalue weighted by Gasteiger charge is 2.22. The smallest absolute Gasteiger partial charge is 0.271 e. The second-order valence-corrected chi connectivity index (χ2v) is 7.52. The molecule has 1 fully saturated rings. The third-order valence-corrected chi connectivity index (χ3v) is 5.47. The normalized spacial score (nSPS) is 14.4. The molecule has 1 aliphatic heterocycles. The summed E-state index contributed by atoms with van der Waals surface area (Å²) in [6.45, 7) is 3.86. The zero-order valence-corrected chi connectivity index (χ0v) is 17.4. The van der Waals surface area contributed by atoms with Crippen molar-refractivity contribution in [1.82, 2.24) is 19.4 Å². The summed E-state index contributed by atoms with van der Waals surface area (Å²) in [5.74, 6) is 0.681. The summed E-state index contributed by atoms with van der Waals surface area (Å²) >= 11 is 0. The van der Waals surface area contributed by atoms with E-state index in [9.17, 15) is 19.7 Å². The lowest BCUT2D eigenvalue weighted by Gasteiger charge is -2.34. The van der Waals surface area contributed by atoms with Gasteiger partial charge in [-0.3, -0.25) is 29.2 Å². The van der Waals surface area contributed by atoms with E-state index >= 15 is 0 Å². The Hall–Kier alpha value is -3.79. The first kappa shape index (κ1) is 21.4. The van der Waals surface area contributed by atoms with Gasteiger partial charge in [-0.1, -0.05) is 18.2 Å². The Bertz CT molecular complexity index is 1170. The summed E-state index contributed by atoms with van der Waals surface area (Å²) in [6, 6.07) is 13.5. The van der Waals surface area contributed by atoms with Gasteiger partial charge in [0.1, 0.15) is 18.9 Å². The minimum atomic E-state index is -0.538. The van der Waals surface area contributed by atoms with Crippen molar-refractivity contribution >= 4 is 22.5 Å². The van der Waals surface area contributed by atoms with Crippen molar-refractivity contribution in [2.45, 2.75) is 6.54 Å². The SMILES string of the molecule is O=C(Cn1cnc2cc([N+](=O)[O-])ccc2c1=O)N1CCN(CCOc2ccccc2)CC1. The predicted octanol–water partition coefficient (Wildman–Crippen LogP) is 1.53. The molecule has 0 atom stereocenters. The topological polar surface area (TPSA) is 111 Å². The van der Waals surface area contributed by atoms with Gasteiger partial charge in [0.15, 0.2) is 0 Å². The number of non-ortho nitro benzene ring substituents is 1. The van der Waals surface area contributed by atoms with E-state index in [1.165, 1.54) is 29.1 Å². The molecular formula is C22H23N5O5. The van der Waals surface area contributed by atoms with E-state index < -0.39 is 10.5 Å². The largest absolute Gasteiger partial charge is 0.492 e. The number of nitro groups is 1. The van der Waals surface area contributed by atoms with E-state index in [0.29, 0.717) is 19.7 Å². The van der Waals surface area contributed by atoms with Gasteiger partial charge in [-0.2, -0.15) is 0 Å². The van der Waals surface area contributed by atoms with Crippen LogP contribution in [0.1, 0.15) is 0 Å². The number of ether oxygens (including phenoxy) is 1. The summed E-state index contributed by atoms with van der Waals surface area (Å²) < 4.78 is 6.97.